The maximum absolute atomic E-state index is 13.3. The van der Waals surface area contributed by atoms with Gasteiger partial charge in [0, 0.05) is 51.0 Å². The highest BCUT2D eigenvalue weighted by Crippen LogP contribution is 2.28. The second kappa shape index (κ2) is 9.01. The molecule has 2 aromatic rings. The Bertz CT molecular complexity index is 1050. The van der Waals surface area contributed by atoms with E-state index in [2.05, 4.69) is 11.0 Å². The average Bonchev–Trinajstić information content (AvgIpc) is 2.98. The number of nitrogens with zero attached hydrogens (tertiary/aromatic N) is 3. The minimum absolute atomic E-state index is 0.0377. The zero-order valence-electron chi connectivity index (χ0n) is 18.3. The fraction of sp³-hybridized carbons (Fsp3) is 0.458. The Kier molecular flexibility index (Phi) is 6.34. The molecule has 1 heterocycles. The summed E-state index contributed by atoms with van der Waals surface area (Å²) >= 11 is 0. The molecule has 0 spiro atoms. The average molecular weight is 442 g/mol. The molecular formula is C24H31N3O3S. The molecule has 1 aliphatic heterocycles. The molecule has 1 aliphatic carbocycles. The lowest BCUT2D eigenvalue weighted by atomic mass is 9.96. The second-order valence-corrected chi connectivity index (χ2v) is 10.6. The third kappa shape index (κ3) is 4.48. The largest absolute Gasteiger partial charge is 0.373 e. The number of likely N-dealkylation sites (N-methyl/N-ethyl adjacent to an activating group) is 1. The van der Waals surface area contributed by atoms with Gasteiger partial charge in [-0.1, -0.05) is 43.5 Å². The van der Waals surface area contributed by atoms with Crippen LogP contribution < -0.4 is 4.90 Å². The molecule has 0 unspecified atom stereocenters. The van der Waals surface area contributed by atoms with Crippen molar-refractivity contribution in [3.8, 4) is 0 Å². The van der Waals surface area contributed by atoms with Crippen LogP contribution >= 0.6 is 0 Å². The van der Waals surface area contributed by atoms with E-state index in [9.17, 15) is 13.2 Å². The van der Waals surface area contributed by atoms with E-state index in [1.54, 1.807) is 30.1 Å². The van der Waals surface area contributed by atoms with Gasteiger partial charge in [-0.05, 0) is 42.7 Å². The maximum atomic E-state index is 13.3. The van der Waals surface area contributed by atoms with E-state index < -0.39 is 10.0 Å². The highest BCUT2D eigenvalue weighted by molar-refractivity contribution is 7.89. The molecule has 0 bridgehead atoms. The normalized spacial score (nSPS) is 18.0. The van der Waals surface area contributed by atoms with Crippen molar-refractivity contribution >= 4 is 21.6 Å². The summed E-state index contributed by atoms with van der Waals surface area (Å²) in [7, 11) is 0.0613. The molecule has 166 valence electrons. The standard InChI is InChI=1S/C24H31N3O3S/c1-25-15-16-27(18-20-9-6-7-14-23(20)25)24(28)19-10-8-13-22(17-19)31(29,30)26(2)21-11-4-3-5-12-21/h6-10,13-14,17,21H,3-5,11-12,15-16,18H2,1-2H3. The minimum atomic E-state index is -3.64. The number of carbonyl (C=O) groups excluding carboxylic acids is 1. The maximum Gasteiger partial charge on any atom is 0.254 e. The number of hydrogen-bond donors (Lipinski definition) is 0. The van der Waals surface area contributed by atoms with E-state index in [0.717, 1.165) is 43.5 Å². The molecule has 0 radical (unpaired) electrons. The monoisotopic (exact) mass is 441 g/mol. The van der Waals surface area contributed by atoms with Gasteiger partial charge in [-0.2, -0.15) is 4.31 Å². The Hall–Kier alpha value is -2.38. The number of sulfonamides is 1. The van der Waals surface area contributed by atoms with E-state index in [1.165, 1.54) is 16.8 Å². The molecule has 6 nitrogen and oxygen atoms in total. The molecule has 2 aliphatic rings. The van der Waals surface area contributed by atoms with Gasteiger partial charge in [0.1, 0.15) is 0 Å². The summed E-state index contributed by atoms with van der Waals surface area (Å²) in [6, 6.07) is 14.6. The Morgan fingerprint density at radius 2 is 1.74 bits per heavy atom. The van der Waals surface area contributed by atoms with Crippen LogP contribution in [-0.2, 0) is 16.6 Å². The predicted molar refractivity (Wildman–Crippen MR) is 123 cm³/mol. The van der Waals surface area contributed by atoms with Crippen LogP contribution in [-0.4, -0.2) is 56.8 Å². The summed E-state index contributed by atoms with van der Waals surface area (Å²) in [5, 5.41) is 0. The molecule has 1 amide bonds. The van der Waals surface area contributed by atoms with Crippen molar-refractivity contribution in [3.05, 3.63) is 59.7 Å². The summed E-state index contributed by atoms with van der Waals surface area (Å²) < 4.78 is 28.0. The van der Waals surface area contributed by atoms with Gasteiger partial charge in [0.05, 0.1) is 4.90 Å². The lowest BCUT2D eigenvalue weighted by Gasteiger charge is -2.30. The van der Waals surface area contributed by atoms with Gasteiger partial charge in [-0.3, -0.25) is 4.79 Å². The Labute approximate surface area is 185 Å². The number of amides is 1. The van der Waals surface area contributed by atoms with Crippen LogP contribution in [0.2, 0.25) is 0 Å². The van der Waals surface area contributed by atoms with Crippen molar-refractivity contribution in [2.24, 2.45) is 0 Å². The predicted octanol–water partition coefficient (Wildman–Crippen LogP) is 3.73. The van der Waals surface area contributed by atoms with Crippen LogP contribution in [0.25, 0.3) is 0 Å². The van der Waals surface area contributed by atoms with Crippen LogP contribution in [0.15, 0.2) is 53.4 Å². The zero-order valence-corrected chi connectivity index (χ0v) is 19.1. The summed E-state index contributed by atoms with van der Waals surface area (Å²) in [4.78, 5) is 17.5. The number of anilines is 1. The summed E-state index contributed by atoms with van der Waals surface area (Å²) in [6.07, 6.45) is 5.09. The van der Waals surface area contributed by atoms with Crippen LogP contribution in [0.5, 0.6) is 0 Å². The smallest absolute Gasteiger partial charge is 0.254 e. The first kappa shape index (κ1) is 21.8. The van der Waals surface area contributed by atoms with E-state index in [-0.39, 0.29) is 16.8 Å². The number of benzene rings is 2. The van der Waals surface area contributed by atoms with Crippen molar-refractivity contribution in [1.82, 2.24) is 9.21 Å². The van der Waals surface area contributed by atoms with Crippen molar-refractivity contribution in [2.75, 3.05) is 32.1 Å². The SMILES string of the molecule is CN1CCN(C(=O)c2cccc(S(=O)(=O)N(C)C3CCCCC3)c2)Cc2ccccc21. The van der Waals surface area contributed by atoms with Gasteiger partial charge < -0.3 is 9.80 Å². The second-order valence-electron chi connectivity index (χ2n) is 8.62. The van der Waals surface area contributed by atoms with Crippen molar-refractivity contribution < 1.29 is 13.2 Å². The number of para-hydroxylation sites is 1. The molecule has 1 fully saturated rings. The van der Waals surface area contributed by atoms with Gasteiger partial charge in [0.15, 0.2) is 0 Å². The first-order valence-corrected chi connectivity index (χ1v) is 12.5. The Morgan fingerprint density at radius 3 is 2.52 bits per heavy atom. The highest BCUT2D eigenvalue weighted by atomic mass is 32.2. The third-order valence-corrected chi connectivity index (χ3v) is 8.51. The van der Waals surface area contributed by atoms with E-state index in [4.69, 9.17) is 0 Å². The van der Waals surface area contributed by atoms with E-state index >= 15 is 0 Å². The number of rotatable bonds is 4. The minimum Gasteiger partial charge on any atom is -0.373 e. The number of hydrogen-bond acceptors (Lipinski definition) is 4. The lowest BCUT2D eigenvalue weighted by molar-refractivity contribution is 0.0751. The highest BCUT2D eigenvalue weighted by Gasteiger charge is 2.30. The number of fused-ring (bicyclic) bond motifs is 1. The molecule has 0 atom stereocenters. The van der Waals surface area contributed by atoms with Crippen molar-refractivity contribution in [3.63, 3.8) is 0 Å². The summed E-state index contributed by atoms with van der Waals surface area (Å²) in [6.45, 7) is 1.83. The fourth-order valence-electron chi connectivity index (χ4n) is 4.65. The molecule has 7 heteroatoms. The van der Waals surface area contributed by atoms with Gasteiger partial charge in [-0.25, -0.2) is 8.42 Å². The van der Waals surface area contributed by atoms with Gasteiger partial charge in [0.25, 0.3) is 5.91 Å². The van der Waals surface area contributed by atoms with Crippen LogP contribution in [0.3, 0.4) is 0 Å². The van der Waals surface area contributed by atoms with Crippen molar-refractivity contribution in [2.45, 2.75) is 49.6 Å². The van der Waals surface area contributed by atoms with Gasteiger partial charge >= 0.3 is 0 Å². The third-order valence-electron chi connectivity index (χ3n) is 6.60. The van der Waals surface area contributed by atoms with Gasteiger partial charge in [-0.15, -0.1) is 0 Å². The Balaban J connectivity index is 1.57. The van der Waals surface area contributed by atoms with Crippen LogP contribution in [0, 0.1) is 0 Å². The first-order valence-electron chi connectivity index (χ1n) is 11.0. The molecule has 2 aromatic carbocycles. The summed E-state index contributed by atoms with van der Waals surface area (Å²) in [5.41, 5.74) is 2.64. The lowest BCUT2D eigenvalue weighted by Crippen LogP contribution is -2.38. The fourth-order valence-corrected chi connectivity index (χ4v) is 6.11. The molecule has 0 saturated heterocycles. The molecule has 4 rings (SSSR count). The molecular weight excluding hydrogens is 410 g/mol. The van der Waals surface area contributed by atoms with Gasteiger partial charge in [0.2, 0.25) is 10.0 Å². The molecule has 0 aromatic heterocycles. The molecule has 0 N–H and O–H groups in total. The summed E-state index contributed by atoms with van der Waals surface area (Å²) in [5.74, 6) is -0.137. The zero-order chi connectivity index (χ0) is 22.0. The molecule has 1 saturated carbocycles. The van der Waals surface area contributed by atoms with Crippen LogP contribution in [0.4, 0.5) is 5.69 Å². The first-order chi connectivity index (χ1) is 14.9. The quantitative estimate of drug-likeness (QED) is 0.725. The van der Waals surface area contributed by atoms with E-state index in [1.807, 2.05) is 25.2 Å². The van der Waals surface area contributed by atoms with Crippen LogP contribution in [0.1, 0.15) is 48.0 Å². The topological polar surface area (TPSA) is 60.9 Å². The van der Waals surface area contributed by atoms with E-state index in [0.29, 0.717) is 18.7 Å². The van der Waals surface area contributed by atoms with Crippen molar-refractivity contribution in [1.29, 1.82) is 0 Å². The Morgan fingerprint density at radius 1 is 1.00 bits per heavy atom. The molecule has 31 heavy (non-hydrogen) atoms. The number of carbonyl (C=O) groups is 1.